The molecule has 0 aliphatic carbocycles. The number of hydrogen-bond donors (Lipinski definition) is 3. The van der Waals surface area contributed by atoms with E-state index in [-0.39, 0.29) is 18.7 Å². The van der Waals surface area contributed by atoms with Gasteiger partial charge in [-0.15, -0.1) is 0 Å². The van der Waals surface area contributed by atoms with Crippen LogP contribution in [0.4, 0.5) is 23.7 Å². The molecule has 0 aliphatic heterocycles. The Morgan fingerprint density at radius 2 is 2.00 bits per heavy atom. The molecule has 0 spiro atoms. The number of carbonyl (C=O) groups excluding carboxylic acids is 1. The monoisotopic (exact) mass is 344 g/mol. The van der Waals surface area contributed by atoms with Crippen molar-refractivity contribution in [3.05, 3.63) is 52.2 Å². The summed E-state index contributed by atoms with van der Waals surface area (Å²) < 4.78 is 38.4. The van der Waals surface area contributed by atoms with E-state index in [4.69, 9.17) is 0 Å². The molecule has 2 rings (SSSR count). The molecule has 1 heterocycles. The number of carbonyl (C=O) groups is 1. The Hall–Kier alpha value is -2.06. The Morgan fingerprint density at radius 1 is 1.26 bits per heavy atom. The minimum absolute atomic E-state index is 0.136. The number of rotatable bonds is 5. The number of anilines is 1. The Balaban J connectivity index is 1.86. The lowest BCUT2D eigenvalue weighted by Gasteiger charge is -2.14. The summed E-state index contributed by atoms with van der Waals surface area (Å²) in [6, 6.07) is 5.76. The van der Waals surface area contributed by atoms with Crippen LogP contribution in [0.5, 0.6) is 0 Å². The van der Waals surface area contributed by atoms with Gasteiger partial charge in [0.05, 0.1) is 17.4 Å². The van der Waals surface area contributed by atoms with Gasteiger partial charge in [0.1, 0.15) is 0 Å². The Labute approximate surface area is 135 Å². The van der Waals surface area contributed by atoms with Crippen molar-refractivity contribution in [1.29, 1.82) is 0 Å². The number of alkyl halides is 3. The smallest absolute Gasteiger partial charge is 0.388 e. The van der Waals surface area contributed by atoms with Crippen LogP contribution in [0.25, 0.3) is 0 Å². The SMILES string of the molecule is O=C(NCCC(O)c1ccsc1)Nc1ccccc1C(F)(F)F. The first-order chi connectivity index (χ1) is 10.9. The van der Waals surface area contributed by atoms with E-state index in [1.54, 1.807) is 11.4 Å². The lowest BCUT2D eigenvalue weighted by atomic mass is 10.1. The van der Waals surface area contributed by atoms with Crippen molar-refractivity contribution in [2.45, 2.75) is 18.7 Å². The van der Waals surface area contributed by atoms with Gasteiger partial charge in [-0.3, -0.25) is 0 Å². The maximum atomic E-state index is 12.8. The Bertz CT molecular complexity index is 644. The van der Waals surface area contributed by atoms with Gasteiger partial charge >= 0.3 is 12.2 Å². The minimum Gasteiger partial charge on any atom is -0.388 e. The van der Waals surface area contributed by atoms with Crippen LogP contribution < -0.4 is 10.6 Å². The number of aliphatic hydroxyl groups excluding tert-OH is 1. The van der Waals surface area contributed by atoms with Crippen LogP contribution in [0.2, 0.25) is 0 Å². The average Bonchev–Trinajstić information content (AvgIpc) is 3.01. The molecule has 8 heteroatoms. The third kappa shape index (κ3) is 4.97. The highest BCUT2D eigenvalue weighted by atomic mass is 32.1. The predicted molar refractivity (Wildman–Crippen MR) is 82.4 cm³/mol. The summed E-state index contributed by atoms with van der Waals surface area (Å²) >= 11 is 1.45. The number of aliphatic hydroxyl groups is 1. The van der Waals surface area contributed by atoms with Crippen molar-refractivity contribution in [3.8, 4) is 0 Å². The van der Waals surface area contributed by atoms with Crippen molar-refractivity contribution in [2.24, 2.45) is 0 Å². The maximum Gasteiger partial charge on any atom is 0.418 e. The minimum atomic E-state index is -4.54. The lowest BCUT2D eigenvalue weighted by molar-refractivity contribution is -0.136. The molecule has 4 nitrogen and oxygen atoms in total. The molecule has 0 bridgehead atoms. The number of benzene rings is 1. The van der Waals surface area contributed by atoms with E-state index in [1.807, 2.05) is 5.38 Å². The van der Waals surface area contributed by atoms with Crippen LogP contribution in [0, 0.1) is 0 Å². The molecule has 0 aliphatic rings. The van der Waals surface area contributed by atoms with Gasteiger partial charge in [-0.1, -0.05) is 12.1 Å². The van der Waals surface area contributed by atoms with Gasteiger partial charge in [-0.2, -0.15) is 24.5 Å². The van der Waals surface area contributed by atoms with Gasteiger partial charge in [0.25, 0.3) is 0 Å². The third-order valence-corrected chi connectivity index (χ3v) is 3.81. The number of amides is 2. The molecule has 3 N–H and O–H groups in total. The van der Waals surface area contributed by atoms with Crippen molar-refractivity contribution in [1.82, 2.24) is 5.32 Å². The second-order valence-electron chi connectivity index (χ2n) is 4.79. The molecule has 0 fully saturated rings. The topological polar surface area (TPSA) is 61.4 Å². The fourth-order valence-electron chi connectivity index (χ4n) is 1.96. The Kier molecular flexibility index (Phi) is 5.62. The number of thiophene rings is 1. The fraction of sp³-hybridized carbons (Fsp3) is 0.267. The standard InChI is InChI=1S/C15H15F3N2O2S/c16-15(17,18)11-3-1-2-4-12(11)20-14(22)19-7-5-13(21)10-6-8-23-9-10/h1-4,6,8-9,13,21H,5,7H2,(H2,19,20,22). The predicted octanol–water partition coefficient (Wildman–Crippen LogP) is 4.01. The molecule has 0 radical (unpaired) electrons. The number of urea groups is 1. The van der Waals surface area contributed by atoms with E-state index in [0.29, 0.717) is 0 Å². The molecule has 1 atom stereocenters. The van der Waals surface area contributed by atoms with Crippen molar-refractivity contribution < 1.29 is 23.1 Å². The van der Waals surface area contributed by atoms with Crippen molar-refractivity contribution >= 4 is 23.1 Å². The van der Waals surface area contributed by atoms with Crippen LogP contribution in [0.1, 0.15) is 23.7 Å². The molecular weight excluding hydrogens is 329 g/mol. The van der Waals surface area contributed by atoms with E-state index in [0.717, 1.165) is 11.6 Å². The van der Waals surface area contributed by atoms with Crippen LogP contribution in [-0.2, 0) is 6.18 Å². The van der Waals surface area contributed by atoms with Crippen LogP contribution in [0.15, 0.2) is 41.1 Å². The summed E-state index contributed by atoms with van der Waals surface area (Å²) in [5.41, 5.74) is -0.469. The molecule has 2 aromatic rings. The maximum absolute atomic E-state index is 12.8. The molecule has 124 valence electrons. The molecule has 2 amide bonds. The first kappa shape index (κ1) is 17.3. The van der Waals surface area contributed by atoms with Gasteiger partial charge in [-0.05, 0) is 40.9 Å². The highest BCUT2D eigenvalue weighted by Crippen LogP contribution is 2.34. The largest absolute Gasteiger partial charge is 0.418 e. The second kappa shape index (κ2) is 7.47. The number of hydrogen-bond acceptors (Lipinski definition) is 3. The van der Waals surface area contributed by atoms with Crippen LogP contribution in [0.3, 0.4) is 0 Å². The van der Waals surface area contributed by atoms with E-state index < -0.39 is 23.9 Å². The Morgan fingerprint density at radius 3 is 2.65 bits per heavy atom. The van der Waals surface area contributed by atoms with Gasteiger partial charge in [-0.25, -0.2) is 4.79 Å². The zero-order valence-electron chi connectivity index (χ0n) is 11.9. The van der Waals surface area contributed by atoms with Gasteiger partial charge in [0.2, 0.25) is 0 Å². The summed E-state index contributed by atoms with van der Waals surface area (Å²) in [4.78, 5) is 11.7. The van der Waals surface area contributed by atoms with E-state index >= 15 is 0 Å². The highest BCUT2D eigenvalue weighted by molar-refractivity contribution is 7.07. The highest BCUT2D eigenvalue weighted by Gasteiger charge is 2.33. The number of nitrogens with one attached hydrogen (secondary N) is 2. The molecule has 23 heavy (non-hydrogen) atoms. The van der Waals surface area contributed by atoms with Gasteiger partial charge in [0.15, 0.2) is 0 Å². The second-order valence-corrected chi connectivity index (χ2v) is 5.57. The van der Waals surface area contributed by atoms with Gasteiger partial charge < -0.3 is 15.7 Å². The molecule has 0 saturated carbocycles. The van der Waals surface area contributed by atoms with E-state index in [2.05, 4.69) is 10.6 Å². The average molecular weight is 344 g/mol. The number of para-hydroxylation sites is 1. The molecular formula is C15H15F3N2O2S. The summed E-state index contributed by atoms with van der Waals surface area (Å²) in [7, 11) is 0. The normalized spacial score (nSPS) is 12.7. The van der Waals surface area contributed by atoms with Crippen molar-refractivity contribution in [3.63, 3.8) is 0 Å². The molecule has 1 unspecified atom stereocenters. The van der Waals surface area contributed by atoms with Crippen LogP contribution >= 0.6 is 11.3 Å². The fourth-order valence-corrected chi connectivity index (χ4v) is 2.67. The lowest BCUT2D eigenvalue weighted by Crippen LogP contribution is -2.31. The first-order valence-electron chi connectivity index (χ1n) is 6.79. The number of halogens is 3. The molecule has 0 saturated heterocycles. The summed E-state index contributed by atoms with van der Waals surface area (Å²) in [6.45, 7) is 0.136. The van der Waals surface area contributed by atoms with E-state index in [1.165, 1.54) is 29.5 Å². The zero-order chi connectivity index (χ0) is 16.9. The molecule has 1 aromatic heterocycles. The molecule has 1 aromatic carbocycles. The zero-order valence-corrected chi connectivity index (χ0v) is 12.7. The van der Waals surface area contributed by atoms with E-state index in [9.17, 15) is 23.1 Å². The van der Waals surface area contributed by atoms with Crippen molar-refractivity contribution in [2.75, 3.05) is 11.9 Å². The summed E-state index contributed by atoms with van der Waals surface area (Å²) in [5.74, 6) is 0. The first-order valence-corrected chi connectivity index (χ1v) is 7.73. The summed E-state index contributed by atoms with van der Waals surface area (Å²) in [5, 5.41) is 18.1. The van der Waals surface area contributed by atoms with Crippen LogP contribution in [-0.4, -0.2) is 17.7 Å². The quantitative estimate of drug-likeness (QED) is 0.767. The third-order valence-electron chi connectivity index (χ3n) is 3.11. The summed E-state index contributed by atoms with van der Waals surface area (Å²) in [6.07, 6.45) is -4.99. The van der Waals surface area contributed by atoms with Gasteiger partial charge in [0, 0.05) is 6.54 Å².